The van der Waals surface area contributed by atoms with Gasteiger partial charge in [0.15, 0.2) is 0 Å². The standard InChI is InChI=1S/C14H32N4/c1-14(2,15)6-5-7-17-10-12-18(13-11-17)9-8-16(3)4/h5-13,15H2,1-4H3. The molecule has 1 fully saturated rings. The zero-order valence-electron chi connectivity index (χ0n) is 12.8. The molecule has 0 radical (unpaired) electrons. The van der Waals surface area contributed by atoms with E-state index in [1.165, 1.54) is 52.2 Å². The molecule has 0 aromatic rings. The lowest BCUT2D eigenvalue weighted by Crippen LogP contribution is -2.48. The molecule has 4 nitrogen and oxygen atoms in total. The van der Waals surface area contributed by atoms with Crippen molar-refractivity contribution in [1.82, 2.24) is 14.7 Å². The largest absolute Gasteiger partial charge is 0.326 e. The van der Waals surface area contributed by atoms with Crippen molar-refractivity contribution < 1.29 is 0 Å². The smallest absolute Gasteiger partial charge is 0.0110 e. The first-order valence-electron chi connectivity index (χ1n) is 7.25. The summed E-state index contributed by atoms with van der Waals surface area (Å²) in [5.74, 6) is 0. The average molecular weight is 256 g/mol. The minimum absolute atomic E-state index is 0.00642. The van der Waals surface area contributed by atoms with Crippen LogP contribution in [0.25, 0.3) is 0 Å². The van der Waals surface area contributed by atoms with Crippen LogP contribution < -0.4 is 5.73 Å². The summed E-state index contributed by atoms with van der Waals surface area (Å²) in [6.45, 7) is 12.7. The van der Waals surface area contributed by atoms with E-state index in [4.69, 9.17) is 5.73 Å². The number of piperazine rings is 1. The van der Waals surface area contributed by atoms with Crippen molar-refractivity contribution >= 4 is 0 Å². The number of hydrogen-bond acceptors (Lipinski definition) is 4. The summed E-state index contributed by atoms with van der Waals surface area (Å²) in [4.78, 5) is 7.41. The maximum absolute atomic E-state index is 6.01. The lowest BCUT2D eigenvalue weighted by atomic mass is 10.00. The fourth-order valence-electron chi connectivity index (χ4n) is 2.34. The highest BCUT2D eigenvalue weighted by atomic mass is 15.3. The molecule has 0 saturated carbocycles. The van der Waals surface area contributed by atoms with E-state index in [1.807, 2.05) is 0 Å². The van der Waals surface area contributed by atoms with Crippen molar-refractivity contribution in [2.75, 3.05) is 59.9 Å². The van der Waals surface area contributed by atoms with E-state index >= 15 is 0 Å². The minimum Gasteiger partial charge on any atom is -0.326 e. The van der Waals surface area contributed by atoms with E-state index in [0.29, 0.717) is 0 Å². The van der Waals surface area contributed by atoms with E-state index in [0.717, 1.165) is 6.42 Å². The first-order valence-corrected chi connectivity index (χ1v) is 7.25. The molecule has 0 amide bonds. The van der Waals surface area contributed by atoms with Crippen molar-refractivity contribution in [3.63, 3.8) is 0 Å². The van der Waals surface area contributed by atoms with Crippen molar-refractivity contribution in [2.24, 2.45) is 5.73 Å². The molecule has 1 rings (SSSR count). The number of nitrogens with zero attached hydrogens (tertiary/aromatic N) is 3. The van der Waals surface area contributed by atoms with Crippen LogP contribution in [0.5, 0.6) is 0 Å². The Labute approximate surface area is 113 Å². The number of likely N-dealkylation sites (N-methyl/N-ethyl adjacent to an activating group) is 1. The van der Waals surface area contributed by atoms with Gasteiger partial charge in [0.2, 0.25) is 0 Å². The fraction of sp³-hybridized carbons (Fsp3) is 1.00. The summed E-state index contributed by atoms with van der Waals surface area (Å²) < 4.78 is 0. The molecule has 0 aromatic heterocycles. The van der Waals surface area contributed by atoms with Gasteiger partial charge in [0.05, 0.1) is 0 Å². The Morgan fingerprint density at radius 3 is 1.94 bits per heavy atom. The normalized spacial score (nSPS) is 19.7. The first-order chi connectivity index (χ1) is 8.37. The summed E-state index contributed by atoms with van der Waals surface area (Å²) in [5.41, 5.74) is 6.00. The highest BCUT2D eigenvalue weighted by Crippen LogP contribution is 2.09. The molecule has 0 aliphatic carbocycles. The van der Waals surface area contributed by atoms with Gasteiger partial charge in [0.25, 0.3) is 0 Å². The highest BCUT2D eigenvalue weighted by molar-refractivity contribution is 4.75. The SMILES string of the molecule is CN(C)CCN1CCN(CCCC(C)(C)N)CC1. The lowest BCUT2D eigenvalue weighted by molar-refractivity contribution is 0.122. The lowest BCUT2D eigenvalue weighted by Gasteiger charge is -2.35. The van der Waals surface area contributed by atoms with Crippen LogP contribution in [0.3, 0.4) is 0 Å². The number of hydrogen-bond donors (Lipinski definition) is 1. The maximum atomic E-state index is 6.01. The monoisotopic (exact) mass is 256 g/mol. The van der Waals surface area contributed by atoms with Crippen molar-refractivity contribution in [2.45, 2.75) is 32.2 Å². The van der Waals surface area contributed by atoms with Gasteiger partial charge in [0.1, 0.15) is 0 Å². The molecule has 1 aliphatic rings. The zero-order chi connectivity index (χ0) is 13.6. The van der Waals surface area contributed by atoms with Gasteiger partial charge in [-0.2, -0.15) is 0 Å². The van der Waals surface area contributed by atoms with Crippen LogP contribution in [0.15, 0.2) is 0 Å². The van der Waals surface area contributed by atoms with Crippen molar-refractivity contribution in [3.05, 3.63) is 0 Å². The third-order valence-corrected chi connectivity index (χ3v) is 3.62. The highest BCUT2D eigenvalue weighted by Gasteiger charge is 2.17. The third-order valence-electron chi connectivity index (χ3n) is 3.62. The van der Waals surface area contributed by atoms with E-state index in [1.54, 1.807) is 0 Å². The molecule has 0 atom stereocenters. The maximum Gasteiger partial charge on any atom is 0.0110 e. The predicted octanol–water partition coefficient (Wildman–Crippen LogP) is 0.683. The Hall–Kier alpha value is -0.160. The van der Waals surface area contributed by atoms with Crippen LogP contribution in [0.4, 0.5) is 0 Å². The zero-order valence-corrected chi connectivity index (χ0v) is 12.8. The van der Waals surface area contributed by atoms with Gasteiger partial charge in [0, 0.05) is 44.8 Å². The van der Waals surface area contributed by atoms with Crippen LogP contribution in [0, 0.1) is 0 Å². The molecule has 1 saturated heterocycles. The quantitative estimate of drug-likeness (QED) is 0.727. The molecule has 0 unspecified atom stereocenters. The molecule has 1 aliphatic heterocycles. The van der Waals surface area contributed by atoms with Gasteiger partial charge in [-0.05, 0) is 47.3 Å². The Morgan fingerprint density at radius 2 is 1.50 bits per heavy atom. The van der Waals surface area contributed by atoms with Crippen LogP contribution in [0.2, 0.25) is 0 Å². The fourth-order valence-corrected chi connectivity index (χ4v) is 2.34. The van der Waals surface area contributed by atoms with Gasteiger partial charge >= 0.3 is 0 Å². The second-order valence-corrected chi connectivity index (χ2v) is 6.58. The van der Waals surface area contributed by atoms with Crippen molar-refractivity contribution in [1.29, 1.82) is 0 Å². The molecule has 4 heteroatoms. The molecule has 0 aromatic carbocycles. The van der Waals surface area contributed by atoms with Gasteiger partial charge in [-0.1, -0.05) is 0 Å². The Morgan fingerprint density at radius 1 is 1.00 bits per heavy atom. The van der Waals surface area contributed by atoms with E-state index < -0.39 is 0 Å². The summed E-state index contributed by atoms with van der Waals surface area (Å²) in [5, 5.41) is 0. The summed E-state index contributed by atoms with van der Waals surface area (Å²) >= 11 is 0. The second-order valence-electron chi connectivity index (χ2n) is 6.58. The topological polar surface area (TPSA) is 35.7 Å². The van der Waals surface area contributed by atoms with E-state index in [2.05, 4.69) is 42.6 Å². The Bertz CT molecular complexity index is 214. The predicted molar refractivity (Wildman–Crippen MR) is 78.9 cm³/mol. The number of rotatable bonds is 7. The summed E-state index contributed by atoms with van der Waals surface area (Å²) in [6.07, 6.45) is 2.34. The van der Waals surface area contributed by atoms with Crippen molar-refractivity contribution in [3.8, 4) is 0 Å². The van der Waals surface area contributed by atoms with Gasteiger partial charge in [-0.25, -0.2) is 0 Å². The van der Waals surface area contributed by atoms with Crippen LogP contribution >= 0.6 is 0 Å². The molecular formula is C14H32N4. The second kappa shape index (κ2) is 7.43. The summed E-state index contributed by atoms with van der Waals surface area (Å²) in [6, 6.07) is 0. The molecule has 108 valence electrons. The molecule has 18 heavy (non-hydrogen) atoms. The van der Waals surface area contributed by atoms with Crippen LogP contribution in [-0.4, -0.2) is 80.1 Å². The molecule has 1 heterocycles. The Balaban J connectivity index is 2.08. The molecule has 2 N–H and O–H groups in total. The van der Waals surface area contributed by atoms with Gasteiger partial charge in [-0.15, -0.1) is 0 Å². The van der Waals surface area contributed by atoms with E-state index in [-0.39, 0.29) is 5.54 Å². The van der Waals surface area contributed by atoms with Crippen LogP contribution in [-0.2, 0) is 0 Å². The first kappa shape index (κ1) is 15.9. The van der Waals surface area contributed by atoms with Gasteiger partial charge < -0.3 is 15.5 Å². The molecule has 0 bridgehead atoms. The Kier molecular flexibility index (Phi) is 6.57. The molecule has 0 spiro atoms. The summed E-state index contributed by atoms with van der Waals surface area (Å²) in [7, 11) is 4.29. The third kappa shape index (κ3) is 7.31. The molecular weight excluding hydrogens is 224 g/mol. The minimum atomic E-state index is -0.00642. The van der Waals surface area contributed by atoms with E-state index in [9.17, 15) is 0 Å². The number of nitrogens with two attached hydrogens (primary N) is 1. The average Bonchev–Trinajstić information content (AvgIpc) is 2.26. The van der Waals surface area contributed by atoms with Crippen LogP contribution in [0.1, 0.15) is 26.7 Å². The van der Waals surface area contributed by atoms with Gasteiger partial charge in [-0.3, -0.25) is 4.90 Å².